The van der Waals surface area contributed by atoms with Crippen molar-refractivity contribution in [2.24, 2.45) is 0 Å². The van der Waals surface area contributed by atoms with Gasteiger partial charge in [0.15, 0.2) is 0 Å². The van der Waals surface area contributed by atoms with Crippen LogP contribution in [0.2, 0.25) is 0 Å². The van der Waals surface area contributed by atoms with Gasteiger partial charge in [0.1, 0.15) is 5.75 Å². The second-order valence-corrected chi connectivity index (χ2v) is 7.46. The van der Waals surface area contributed by atoms with E-state index in [0.29, 0.717) is 32.1 Å². The molecule has 108 valence electrons. The van der Waals surface area contributed by atoms with Crippen molar-refractivity contribution in [1.82, 2.24) is 4.67 Å². The predicted molar refractivity (Wildman–Crippen MR) is 82.1 cm³/mol. The highest BCUT2D eigenvalue weighted by Crippen LogP contribution is 2.56. The van der Waals surface area contributed by atoms with Crippen LogP contribution in [-0.4, -0.2) is 31.0 Å². The second-order valence-electron chi connectivity index (χ2n) is 5.19. The number of morpholine rings is 1. The van der Waals surface area contributed by atoms with Crippen LogP contribution in [-0.2, 0) is 9.30 Å². The predicted octanol–water partition coefficient (Wildman–Crippen LogP) is 2.90. The summed E-state index contributed by atoms with van der Waals surface area (Å²) in [6.07, 6.45) is 0. The van der Waals surface area contributed by atoms with E-state index in [1.54, 1.807) is 0 Å². The van der Waals surface area contributed by atoms with E-state index in [4.69, 9.17) is 9.26 Å². The number of ether oxygens (including phenoxy) is 1. The Hall–Kier alpha value is -1.61. The maximum atomic E-state index is 13.6. The molecule has 4 rings (SSSR count). The number of hydrogen-bond acceptors (Lipinski definition) is 3. The average molecular weight is 301 g/mol. The first-order chi connectivity index (χ1) is 10.3. The van der Waals surface area contributed by atoms with Gasteiger partial charge in [0.05, 0.1) is 18.5 Å². The average Bonchev–Trinajstić information content (AvgIpc) is 2.56. The lowest BCUT2D eigenvalue weighted by Crippen LogP contribution is -2.39. The zero-order valence-electron chi connectivity index (χ0n) is 11.6. The fourth-order valence-electron chi connectivity index (χ4n) is 2.93. The largest absolute Gasteiger partial charge is 0.429 e. The van der Waals surface area contributed by atoms with E-state index in [1.165, 1.54) is 0 Å². The minimum atomic E-state index is -3.06. The highest BCUT2D eigenvalue weighted by atomic mass is 31.2. The minimum Gasteiger partial charge on any atom is -0.429 e. The molecule has 0 radical (unpaired) electrons. The third-order valence-electron chi connectivity index (χ3n) is 3.97. The Labute approximate surface area is 123 Å². The molecule has 2 heterocycles. The van der Waals surface area contributed by atoms with Crippen LogP contribution in [0, 0.1) is 0 Å². The molecule has 2 aromatic rings. The summed E-state index contributed by atoms with van der Waals surface area (Å²) in [5.74, 6) is 0.700. The lowest BCUT2D eigenvalue weighted by Gasteiger charge is -2.37. The summed E-state index contributed by atoms with van der Waals surface area (Å²) in [6.45, 7) is 2.45. The molecule has 0 aromatic heterocycles. The molecular weight excluding hydrogens is 285 g/mol. The molecule has 0 amide bonds. The third-order valence-corrected chi connectivity index (χ3v) is 6.56. The van der Waals surface area contributed by atoms with Crippen molar-refractivity contribution in [3.8, 4) is 16.9 Å². The lowest BCUT2D eigenvalue weighted by atomic mass is 10.0. The Morgan fingerprint density at radius 2 is 1.57 bits per heavy atom. The minimum absolute atomic E-state index is 0.594. The number of fused-ring (bicyclic) bond motifs is 3. The van der Waals surface area contributed by atoms with Crippen molar-refractivity contribution in [2.75, 3.05) is 26.3 Å². The summed E-state index contributed by atoms with van der Waals surface area (Å²) in [4.78, 5) is 0. The van der Waals surface area contributed by atoms with Gasteiger partial charge in [-0.25, -0.2) is 4.67 Å². The SMILES string of the molecule is O=P1(N2CCOCC2)Oc2ccccc2-c2ccccc21. The second kappa shape index (κ2) is 4.99. The summed E-state index contributed by atoms with van der Waals surface area (Å²) >= 11 is 0. The Balaban J connectivity index is 1.89. The Bertz CT molecular complexity index is 725. The van der Waals surface area contributed by atoms with E-state index in [-0.39, 0.29) is 0 Å². The van der Waals surface area contributed by atoms with Crippen molar-refractivity contribution in [2.45, 2.75) is 0 Å². The Morgan fingerprint density at radius 1 is 0.905 bits per heavy atom. The van der Waals surface area contributed by atoms with Crippen LogP contribution in [0.3, 0.4) is 0 Å². The van der Waals surface area contributed by atoms with Crippen molar-refractivity contribution < 1.29 is 13.8 Å². The molecule has 4 nitrogen and oxygen atoms in total. The maximum Gasteiger partial charge on any atom is 0.350 e. The quantitative estimate of drug-likeness (QED) is 0.759. The van der Waals surface area contributed by atoms with Crippen LogP contribution >= 0.6 is 7.52 Å². The summed E-state index contributed by atoms with van der Waals surface area (Å²) < 4.78 is 26.9. The van der Waals surface area contributed by atoms with Gasteiger partial charge in [-0.3, -0.25) is 4.57 Å². The summed E-state index contributed by atoms with van der Waals surface area (Å²) in [5, 5.41) is 0.797. The molecule has 1 atom stereocenters. The van der Waals surface area contributed by atoms with Gasteiger partial charge in [-0.2, -0.15) is 0 Å². The van der Waals surface area contributed by atoms with Crippen LogP contribution in [0.25, 0.3) is 11.1 Å². The van der Waals surface area contributed by atoms with E-state index < -0.39 is 7.52 Å². The molecule has 2 aromatic carbocycles. The summed E-state index contributed by atoms with van der Waals surface area (Å²) in [6, 6.07) is 15.6. The lowest BCUT2D eigenvalue weighted by molar-refractivity contribution is 0.0691. The van der Waals surface area contributed by atoms with Crippen LogP contribution in [0.15, 0.2) is 48.5 Å². The molecule has 0 bridgehead atoms. The van der Waals surface area contributed by atoms with E-state index in [9.17, 15) is 4.57 Å². The van der Waals surface area contributed by atoms with Crippen LogP contribution < -0.4 is 9.83 Å². The number of para-hydroxylation sites is 1. The van der Waals surface area contributed by atoms with Gasteiger partial charge >= 0.3 is 7.52 Å². The Kier molecular flexibility index (Phi) is 3.11. The van der Waals surface area contributed by atoms with Gasteiger partial charge < -0.3 is 9.26 Å². The van der Waals surface area contributed by atoms with Gasteiger partial charge in [0.2, 0.25) is 0 Å². The molecule has 1 saturated heterocycles. The zero-order valence-corrected chi connectivity index (χ0v) is 12.5. The summed E-state index contributed by atoms with van der Waals surface area (Å²) in [7, 11) is -3.06. The van der Waals surface area contributed by atoms with E-state index in [1.807, 2.05) is 53.2 Å². The van der Waals surface area contributed by atoms with Gasteiger partial charge in [0.25, 0.3) is 0 Å². The number of benzene rings is 2. The van der Waals surface area contributed by atoms with Crippen molar-refractivity contribution >= 4 is 12.8 Å². The van der Waals surface area contributed by atoms with Crippen LogP contribution in [0.4, 0.5) is 0 Å². The molecule has 1 fully saturated rings. The van der Waals surface area contributed by atoms with Crippen LogP contribution in [0.1, 0.15) is 0 Å². The van der Waals surface area contributed by atoms with Crippen molar-refractivity contribution in [1.29, 1.82) is 0 Å². The number of hydrogen-bond donors (Lipinski definition) is 0. The van der Waals surface area contributed by atoms with E-state index in [2.05, 4.69) is 0 Å². The standard InChI is InChI=1S/C16H16NO3P/c18-21(17-9-11-19-12-10-17)16-8-4-2-6-14(16)13-5-1-3-7-15(13)20-21/h1-8H,9-12H2. The molecule has 1 unspecified atom stereocenters. The van der Waals surface area contributed by atoms with Gasteiger partial charge in [-0.05, 0) is 12.1 Å². The molecular formula is C16H16NO3P. The fourth-order valence-corrected chi connectivity index (χ4v) is 5.33. The molecule has 0 aliphatic carbocycles. The van der Waals surface area contributed by atoms with Crippen molar-refractivity contribution in [3.63, 3.8) is 0 Å². The topological polar surface area (TPSA) is 38.8 Å². The first kappa shape index (κ1) is 13.1. The normalized spacial score (nSPS) is 24.8. The monoisotopic (exact) mass is 301 g/mol. The smallest absolute Gasteiger partial charge is 0.350 e. The first-order valence-corrected chi connectivity index (χ1v) is 8.68. The van der Waals surface area contributed by atoms with Gasteiger partial charge in [-0.15, -0.1) is 0 Å². The highest BCUT2D eigenvalue weighted by Gasteiger charge is 2.41. The van der Waals surface area contributed by atoms with E-state index in [0.717, 1.165) is 16.4 Å². The molecule has 0 N–H and O–H groups in total. The summed E-state index contributed by atoms with van der Waals surface area (Å²) in [5.41, 5.74) is 2.02. The molecule has 5 heteroatoms. The number of rotatable bonds is 1. The number of nitrogens with zero attached hydrogens (tertiary/aromatic N) is 1. The molecule has 2 aliphatic rings. The molecule has 2 aliphatic heterocycles. The molecule has 21 heavy (non-hydrogen) atoms. The first-order valence-electron chi connectivity index (χ1n) is 7.11. The molecule has 0 saturated carbocycles. The van der Waals surface area contributed by atoms with Crippen LogP contribution in [0.5, 0.6) is 5.75 Å². The maximum absolute atomic E-state index is 13.6. The Morgan fingerprint density at radius 3 is 2.38 bits per heavy atom. The third kappa shape index (κ3) is 2.03. The van der Waals surface area contributed by atoms with Gasteiger partial charge in [0, 0.05) is 24.2 Å². The highest BCUT2D eigenvalue weighted by molar-refractivity contribution is 7.65. The van der Waals surface area contributed by atoms with Crippen molar-refractivity contribution in [3.05, 3.63) is 48.5 Å². The molecule has 0 spiro atoms. The van der Waals surface area contributed by atoms with E-state index >= 15 is 0 Å². The zero-order chi connectivity index (χ0) is 14.3. The van der Waals surface area contributed by atoms with Gasteiger partial charge in [-0.1, -0.05) is 36.4 Å². The fraction of sp³-hybridized carbons (Fsp3) is 0.250.